The molecule has 4 aromatic rings. The molecule has 1 aromatic heterocycles. The molecular formula is C24H19O5PS. The van der Waals surface area contributed by atoms with Crippen LogP contribution in [0.15, 0.2) is 97.1 Å². The molecule has 1 unspecified atom stereocenters. The van der Waals surface area contributed by atoms with Crippen molar-refractivity contribution in [2.24, 2.45) is 0 Å². The molecule has 4 rings (SSSR count). The first kappa shape index (κ1) is 21.2. The standard InChI is InChI=1S/C24H19O5PS/c25-24(30(26,27)28)22-16-15-21(31-22)23(29-20-9-5-2-6-10-20)19-13-11-18(12-14-19)17-7-3-1-4-8-17/h1-16,23H,(H2,26,27,28). The molecule has 7 heteroatoms. The highest BCUT2D eigenvalue weighted by Gasteiger charge is 2.30. The Morgan fingerprint density at radius 3 is 1.97 bits per heavy atom. The molecule has 0 bridgehead atoms. The van der Waals surface area contributed by atoms with Crippen LogP contribution < -0.4 is 4.74 Å². The van der Waals surface area contributed by atoms with Gasteiger partial charge in [0.1, 0.15) is 5.75 Å². The molecule has 31 heavy (non-hydrogen) atoms. The summed E-state index contributed by atoms with van der Waals surface area (Å²) in [7, 11) is -4.84. The zero-order chi connectivity index (χ0) is 21.8. The molecule has 1 heterocycles. The lowest BCUT2D eigenvalue weighted by atomic mass is 10.0. The van der Waals surface area contributed by atoms with Gasteiger partial charge in [-0.1, -0.05) is 72.8 Å². The minimum Gasteiger partial charge on any atom is -0.480 e. The molecule has 0 aliphatic rings. The van der Waals surface area contributed by atoms with Crippen LogP contribution in [0.25, 0.3) is 11.1 Å². The van der Waals surface area contributed by atoms with Gasteiger partial charge < -0.3 is 14.5 Å². The van der Waals surface area contributed by atoms with E-state index in [-0.39, 0.29) is 4.88 Å². The molecular weight excluding hydrogens is 431 g/mol. The van der Waals surface area contributed by atoms with E-state index < -0.39 is 19.2 Å². The van der Waals surface area contributed by atoms with E-state index in [1.807, 2.05) is 84.9 Å². The molecule has 0 amide bonds. The monoisotopic (exact) mass is 450 g/mol. The van der Waals surface area contributed by atoms with Crippen molar-refractivity contribution in [3.05, 3.63) is 112 Å². The molecule has 1 atom stereocenters. The molecule has 0 spiro atoms. The molecule has 0 fully saturated rings. The second-order valence-corrected chi connectivity index (χ2v) is 9.46. The second kappa shape index (κ2) is 9.00. The Balaban J connectivity index is 1.69. The molecule has 2 N–H and O–H groups in total. The zero-order valence-corrected chi connectivity index (χ0v) is 18.0. The minimum atomic E-state index is -4.84. The van der Waals surface area contributed by atoms with Crippen molar-refractivity contribution in [1.29, 1.82) is 0 Å². The van der Waals surface area contributed by atoms with Gasteiger partial charge in [-0.15, -0.1) is 11.3 Å². The molecule has 156 valence electrons. The van der Waals surface area contributed by atoms with Crippen LogP contribution in [0.1, 0.15) is 26.2 Å². The summed E-state index contributed by atoms with van der Waals surface area (Å²) in [6.07, 6.45) is -0.532. The number of ether oxygens (including phenoxy) is 1. The molecule has 5 nitrogen and oxygen atoms in total. The first-order valence-corrected chi connectivity index (χ1v) is 11.9. The number of hydrogen-bond donors (Lipinski definition) is 2. The van der Waals surface area contributed by atoms with Crippen LogP contribution in [0, 0.1) is 0 Å². The van der Waals surface area contributed by atoms with Crippen LogP contribution in [0.4, 0.5) is 0 Å². The number of rotatable bonds is 7. The van der Waals surface area contributed by atoms with Crippen molar-refractivity contribution in [3.8, 4) is 16.9 Å². The minimum absolute atomic E-state index is 0.00546. The van der Waals surface area contributed by atoms with Gasteiger partial charge in [-0.25, -0.2) is 0 Å². The van der Waals surface area contributed by atoms with Gasteiger partial charge in [-0.05, 0) is 41.0 Å². The molecule has 3 aromatic carbocycles. The Bertz CT molecular complexity index is 1210. The van der Waals surface area contributed by atoms with Gasteiger partial charge in [0.25, 0.3) is 5.52 Å². The summed E-state index contributed by atoms with van der Waals surface area (Å²) >= 11 is 1.02. The van der Waals surface area contributed by atoms with Gasteiger partial charge in [0.15, 0.2) is 6.10 Å². The predicted octanol–water partition coefficient (Wildman–Crippen LogP) is 5.90. The number of para-hydroxylation sites is 1. The van der Waals surface area contributed by atoms with E-state index in [0.717, 1.165) is 28.0 Å². The van der Waals surface area contributed by atoms with Crippen LogP contribution in [-0.2, 0) is 4.57 Å². The van der Waals surface area contributed by atoms with E-state index in [2.05, 4.69) is 0 Å². The quantitative estimate of drug-likeness (QED) is 0.343. The number of hydrogen-bond acceptors (Lipinski definition) is 4. The van der Waals surface area contributed by atoms with Crippen LogP contribution in [-0.4, -0.2) is 15.3 Å². The molecule has 0 saturated carbocycles. The van der Waals surface area contributed by atoms with Crippen LogP contribution >= 0.6 is 18.9 Å². The van der Waals surface area contributed by atoms with Crippen LogP contribution in [0.3, 0.4) is 0 Å². The van der Waals surface area contributed by atoms with Crippen molar-refractivity contribution in [3.63, 3.8) is 0 Å². The van der Waals surface area contributed by atoms with Gasteiger partial charge in [0.2, 0.25) is 0 Å². The number of benzene rings is 3. The number of carbonyl (C=O) groups excluding carboxylic acids is 1. The normalized spacial score (nSPS) is 12.3. The van der Waals surface area contributed by atoms with E-state index in [1.165, 1.54) is 6.07 Å². The summed E-state index contributed by atoms with van der Waals surface area (Å²) < 4.78 is 17.6. The summed E-state index contributed by atoms with van der Waals surface area (Å²) in [5.41, 5.74) is 1.84. The lowest BCUT2D eigenvalue weighted by Gasteiger charge is -2.19. The number of thiophene rings is 1. The fraction of sp³-hybridized carbons (Fsp3) is 0.0417. The fourth-order valence-electron chi connectivity index (χ4n) is 3.16. The number of carbonyl (C=O) groups is 1. The Hall–Kier alpha value is -3.02. The lowest BCUT2D eigenvalue weighted by Crippen LogP contribution is -2.08. The van der Waals surface area contributed by atoms with E-state index in [1.54, 1.807) is 6.07 Å². The van der Waals surface area contributed by atoms with Gasteiger partial charge in [0.05, 0.1) is 9.75 Å². The average Bonchev–Trinajstić information content (AvgIpc) is 3.27. The summed E-state index contributed by atoms with van der Waals surface area (Å²) in [6.45, 7) is 0. The topological polar surface area (TPSA) is 83.8 Å². The largest absolute Gasteiger partial charge is 0.480 e. The Kier molecular flexibility index (Phi) is 6.16. The molecule has 0 aliphatic carbocycles. The average molecular weight is 450 g/mol. The summed E-state index contributed by atoms with van der Waals surface area (Å²) in [5, 5.41) is 0. The highest BCUT2D eigenvalue weighted by molar-refractivity contribution is 7.71. The van der Waals surface area contributed by atoms with Gasteiger partial charge in [-0.2, -0.15) is 0 Å². The van der Waals surface area contributed by atoms with Crippen LogP contribution in [0.2, 0.25) is 0 Å². The highest BCUT2D eigenvalue weighted by Crippen LogP contribution is 2.42. The summed E-state index contributed by atoms with van der Waals surface area (Å²) in [5.74, 6) is 0.649. The van der Waals surface area contributed by atoms with Crippen molar-refractivity contribution >= 4 is 24.5 Å². The fourth-order valence-corrected chi connectivity index (χ4v) is 4.92. The third kappa shape index (κ3) is 5.01. The lowest BCUT2D eigenvalue weighted by molar-refractivity contribution is 0.104. The van der Waals surface area contributed by atoms with Gasteiger partial charge in [0, 0.05) is 0 Å². The first-order chi connectivity index (χ1) is 14.9. The summed E-state index contributed by atoms with van der Waals surface area (Å²) in [6, 6.07) is 30.3. The van der Waals surface area contributed by atoms with Crippen molar-refractivity contribution in [2.45, 2.75) is 6.10 Å². The maximum absolute atomic E-state index is 12.0. The maximum atomic E-state index is 12.0. The van der Waals surface area contributed by atoms with Crippen molar-refractivity contribution in [2.75, 3.05) is 0 Å². The Morgan fingerprint density at radius 1 is 0.774 bits per heavy atom. The summed E-state index contributed by atoms with van der Waals surface area (Å²) in [4.78, 5) is 31.1. The third-order valence-corrected chi connectivity index (χ3v) is 6.73. The molecule has 0 saturated heterocycles. The van der Waals surface area contributed by atoms with Crippen LogP contribution in [0.5, 0.6) is 5.75 Å². The molecule has 0 radical (unpaired) electrons. The third-order valence-electron chi connectivity index (χ3n) is 4.68. The Labute approximate surface area is 183 Å². The van der Waals surface area contributed by atoms with Crippen molar-refractivity contribution in [1.82, 2.24) is 0 Å². The Morgan fingerprint density at radius 2 is 1.35 bits per heavy atom. The smallest absolute Gasteiger partial charge is 0.397 e. The highest BCUT2D eigenvalue weighted by atomic mass is 32.1. The predicted molar refractivity (Wildman–Crippen MR) is 121 cm³/mol. The van der Waals surface area contributed by atoms with E-state index in [9.17, 15) is 19.1 Å². The second-order valence-electron chi connectivity index (χ2n) is 6.85. The van der Waals surface area contributed by atoms with E-state index in [0.29, 0.717) is 10.6 Å². The van der Waals surface area contributed by atoms with Gasteiger partial charge >= 0.3 is 7.60 Å². The maximum Gasteiger partial charge on any atom is 0.397 e. The first-order valence-electron chi connectivity index (χ1n) is 9.49. The van der Waals surface area contributed by atoms with Crippen molar-refractivity contribution < 1.29 is 23.9 Å². The molecule has 0 aliphatic heterocycles. The zero-order valence-electron chi connectivity index (χ0n) is 16.3. The SMILES string of the molecule is O=C(c1ccc(C(Oc2ccccc2)c2ccc(-c3ccccc3)cc2)s1)P(=O)(O)O. The van der Waals surface area contributed by atoms with Gasteiger partial charge in [-0.3, -0.25) is 9.36 Å². The van der Waals surface area contributed by atoms with E-state index >= 15 is 0 Å². The van der Waals surface area contributed by atoms with E-state index in [4.69, 9.17) is 4.74 Å².